The molecule has 3 heterocycles. The summed E-state index contributed by atoms with van der Waals surface area (Å²) >= 11 is 7.42. The summed E-state index contributed by atoms with van der Waals surface area (Å²) < 4.78 is 2.73. The largest absolute Gasteiger partial charge is 0.397 e. The maximum atomic E-state index is 5.92. The second kappa shape index (κ2) is 3.50. The number of hydrogen-bond acceptors (Lipinski definition) is 3. The molecule has 0 bridgehead atoms. The number of imidazole rings is 1. The number of fused-ring (bicyclic) bond motifs is 1. The Morgan fingerprint density at radius 3 is 2.94 bits per heavy atom. The van der Waals surface area contributed by atoms with Crippen molar-refractivity contribution in [1.82, 2.24) is 9.38 Å². The van der Waals surface area contributed by atoms with Crippen LogP contribution < -0.4 is 5.73 Å². The van der Waals surface area contributed by atoms with E-state index in [0.717, 1.165) is 26.2 Å². The van der Waals surface area contributed by atoms with Crippen LogP contribution in [0.15, 0.2) is 36.7 Å². The molecule has 0 fully saturated rings. The Hall–Kier alpha value is -1.52. The summed E-state index contributed by atoms with van der Waals surface area (Å²) in [6.45, 7) is 0. The van der Waals surface area contributed by atoms with Crippen LogP contribution in [0.4, 0.5) is 5.69 Å². The van der Waals surface area contributed by atoms with E-state index in [-0.39, 0.29) is 0 Å². The first-order chi connectivity index (χ1) is 7.75. The summed E-state index contributed by atoms with van der Waals surface area (Å²) in [7, 11) is 0. The smallest absolute Gasteiger partial charge is 0.154 e. The molecule has 5 heteroatoms. The molecule has 0 radical (unpaired) electrons. The van der Waals surface area contributed by atoms with Crippen LogP contribution in [0, 0.1) is 0 Å². The molecular weight excluding hydrogens is 242 g/mol. The minimum absolute atomic E-state index is 0.726. The number of nitrogen functional groups attached to an aromatic ring is 1. The van der Waals surface area contributed by atoms with E-state index in [2.05, 4.69) is 4.98 Å². The van der Waals surface area contributed by atoms with Gasteiger partial charge in [0.15, 0.2) is 5.82 Å². The molecule has 3 aromatic rings. The Labute approximate surface area is 101 Å². The number of pyridine rings is 1. The van der Waals surface area contributed by atoms with Crippen molar-refractivity contribution in [3.8, 4) is 10.7 Å². The molecule has 0 aliphatic rings. The summed E-state index contributed by atoms with van der Waals surface area (Å²) in [5.41, 5.74) is 7.51. The van der Waals surface area contributed by atoms with Crippen molar-refractivity contribution in [2.24, 2.45) is 0 Å². The number of nitrogens with two attached hydrogens (primary N) is 1. The number of aromatic nitrogens is 2. The van der Waals surface area contributed by atoms with Gasteiger partial charge in [0.25, 0.3) is 0 Å². The van der Waals surface area contributed by atoms with Crippen molar-refractivity contribution in [2.75, 3.05) is 5.73 Å². The maximum Gasteiger partial charge on any atom is 0.154 e. The highest BCUT2D eigenvalue weighted by Crippen LogP contribution is 2.31. The van der Waals surface area contributed by atoms with Crippen molar-refractivity contribution in [3.63, 3.8) is 0 Å². The highest BCUT2D eigenvalue weighted by molar-refractivity contribution is 7.19. The maximum absolute atomic E-state index is 5.92. The van der Waals surface area contributed by atoms with Crippen molar-refractivity contribution >= 4 is 34.1 Å². The molecule has 80 valence electrons. The fourth-order valence-electron chi connectivity index (χ4n) is 1.66. The van der Waals surface area contributed by atoms with Crippen LogP contribution in [0.3, 0.4) is 0 Å². The van der Waals surface area contributed by atoms with Crippen molar-refractivity contribution in [1.29, 1.82) is 0 Å². The lowest BCUT2D eigenvalue weighted by molar-refractivity contribution is 1.17. The molecule has 0 aliphatic carbocycles. The molecule has 0 atom stereocenters. The number of nitrogens with zero attached hydrogens (tertiary/aromatic N) is 2. The Morgan fingerprint density at radius 1 is 1.31 bits per heavy atom. The van der Waals surface area contributed by atoms with Gasteiger partial charge < -0.3 is 5.73 Å². The second-order valence-electron chi connectivity index (χ2n) is 3.40. The van der Waals surface area contributed by atoms with Crippen LogP contribution in [-0.4, -0.2) is 9.38 Å². The standard InChI is InChI=1S/C11H8ClN3S/c12-10-4-3-9(16-10)11-14-6-8-7(13)2-1-5-15(8)11/h1-6H,13H2. The molecule has 0 aromatic carbocycles. The summed E-state index contributed by atoms with van der Waals surface area (Å²) in [5.74, 6) is 0.874. The van der Waals surface area contributed by atoms with E-state index in [1.54, 1.807) is 6.20 Å². The molecule has 0 unspecified atom stereocenters. The average molecular weight is 250 g/mol. The first kappa shape index (κ1) is 9.69. The van der Waals surface area contributed by atoms with E-state index in [0.29, 0.717) is 0 Å². The average Bonchev–Trinajstić information content (AvgIpc) is 2.84. The third-order valence-corrected chi connectivity index (χ3v) is 3.62. The monoisotopic (exact) mass is 249 g/mol. The summed E-state index contributed by atoms with van der Waals surface area (Å²) in [4.78, 5) is 5.41. The summed E-state index contributed by atoms with van der Waals surface area (Å²) in [6, 6.07) is 7.60. The predicted molar refractivity (Wildman–Crippen MR) is 67.9 cm³/mol. The van der Waals surface area contributed by atoms with E-state index >= 15 is 0 Å². The van der Waals surface area contributed by atoms with E-state index in [1.165, 1.54) is 11.3 Å². The molecule has 3 rings (SSSR count). The molecule has 0 saturated heterocycles. The Balaban J connectivity index is 2.29. The van der Waals surface area contributed by atoms with E-state index in [4.69, 9.17) is 17.3 Å². The van der Waals surface area contributed by atoms with Gasteiger partial charge in [0.1, 0.15) is 0 Å². The van der Waals surface area contributed by atoms with Crippen molar-refractivity contribution in [2.45, 2.75) is 0 Å². The molecule has 0 spiro atoms. The number of rotatable bonds is 1. The lowest BCUT2D eigenvalue weighted by Gasteiger charge is -2.00. The highest BCUT2D eigenvalue weighted by Gasteiger charge is 2.09. The number of hydrogen-bond donors (Lipinski definition) is 1. The third-order valence-electron chi connectivity index (χ3n) is 2.40. The molecule has 0 amide bonds. The minimum atomic E-state index is 0.726. The van der Waals surface area contributed by atoms with Gasteiger partial charge in [-0.3, -0.25) is 4.40 Å². The zero-order valence-corrected chi connectivity index (χ0v) is 9.79. The van der Waals surface area contributed by atoms with Crippen molar-refractivity contribution < 1.29 is 0 Å². The molecule has 2 N–H and O–H groups in total. The van der Waals surface area contributed by atoms with E-state index < -0.39 is 0 Å². The van der Waals surface area contributed by atoms with Gasteiger partial charge in [-0.1, -0.05) is 11.6 Å². The SMILES string of the molecule is Nc1cccn2c(-c3ccc(Cl)s3)ncc12. The zero-order valence-electron chi connectivity index (χ0n) is 8.22. The van der Waals surface area contributed by atoms with Gasteiger partial charge in [-0.25, -0.2) is 4.98 Å². The fraction of sp³-hybridized carbons (Fsp3) is 0. The minimum Gasteiger partial charge on any atom is -0.397 e. The normalized spacial score (nSPS) is 11.1. The summed E-state index contributed by atoms with van der Waals surface area (Å²) in [5, 5.41) is 0. The lowest BCUT2D eigenvalue weighted by Crippen LogP contribution is -1.91. The van der Waals surface area contributed by atoms with Gasteiger partial charge in [-0.2, -0.15) is 0 Å². The summed E-state index contributed by atoms with van der Waals surface area (Å²) in [6.07, 6.45) is 3.72. The lowest BCUT2D eigenvalue weighted by atomic mass is 10.3. The molecular formula is C11H8ClN3S. The molecule has 0 aliphatic heterocycles. The molecule has 3 aromatic heterocycles. The van der Waals surface area contributed by atoms with Crippen LogP contribution in [0.1, 0.15) is 0 Å². The fourth-order valence-corrected chi connectivity index (χ4v) is 2.70. The number of anilines is 1. The highest BCUT2D eigenvalue weighted by atomic mass is 35.5. The quantitative estimate of drug-likeness (QED) is 0.719. The second-order valence-corrected chi connectivity index (χ2v) is 5.12. The Kier molecular flexibility index (Phi) is 2.12. The van der Waals surface area contributed by atoms with Gasteiger partial charge in [0.2, 0.25) is 0 Å². The van der Waals surface area contributed by atoms with Gasteiger partial charge in [0, 0.05) is 6.20 Å². The van der Waals surface area contributed by atoms with Crippen molar-refractivity contribution in [3.05, 3.63) is 41.0 Å². The van der Waals surface area contributed by atoms with Crippen LogP contribution in [-0.2, 0) is 0 Å². The topological polar surface area (TPSA) is 43.3 Å². The van der Waals surface area contributed by atoms with Gasteiger partial charge >= 0.3 is 0 Å². The van der Waals surface area contributed by atoms with Crippen LogP contribution in [0.25, 0.3) is 16.2 Å². The Bertz CT molecular complexity index is 656. The van der Waals surface area contributed by atoms with E-state index in [9.17, 15) is 0 Å². The van der Waals surface area contributed by atoms with Crippen LogP contribution in [0.2, 0.25) is 4.34 Å². The van der Waals surface area contributed by atoms with Gasteiger partial charge in [-0.05, 0) is 24.3 Å². The van der Waals surface area contributed by atoms with E-state index in [1.807, 2.05) is 34.9 Å². The number of halogens is 1. The van der Waals surface area contributed by atoms with Gasteiger partial charge in [-0.15, -0.1) is 11.3 Å². The predicted octanol–water partition coefficient (Wildman–Crippen LogP) is 3.30. The van der Waals surface area contributed by atoms with Crippen LogP contribution >= 0.6 is 22.9 Å². The molecule has 16 heavy (non-hydrogen) atoms. The van der Waals surface area contributed by atoms with Gasteiger partial charge in [0.05, 0.1) is 26.6 Å². The third kappa shape index (κ3) is 1.38. The van der Waals surface area contributed by atoms with Crippen LogP contribution in [0.5, 0.6) is 0 Å². The number of thiophene rings is 1. The molecule has 3 nitrogen and oxygen atoms in total. The molecule has 0 saturated carbocycles. The zero-order chi connectivity index (χ0) is 11.1. The first-order valence-electron chi connectivity index (χ1n) is 4.73. The first-order valence-corrected chi connectivity index (χ1v) is 5.92. The Morgan fingerprint density at radius 2 is 2.19 bits per heavy atom.